The van der Waals surface area contributed by atoms with Crippen molar-refractivity contribution in [1.29, 1.82) is 0 Å². The summed E-state index contributed by atoms with van der Waals surface area (Å²) in [6, 6.07) is 6.95. The molecular weight excluding hydrogens is 457 g/mol. The SMILES string of the molecule is C[C@@H](Sc1nnc(CN2CCCC2=O)n1-c1ccccn1)C(=O)Nc1ccc(F)c(F)c1F. The first kappa shape index (κ1) is 22.8. The number of hydrogen-bond donors (Lipinski definition) is 1. The molecule has 172 valence electrons. The van der Waals surface area contributed by atoms with Gasteiger partial charge in [-0.1, -0.05) is 17.8 Å². The van der Waals surface area contributed by atoms with E-state index in [0.29, 0.717) is 29.8 Å². The summed E-state index contributed by atoms with van der Waals surface area (Å²) in [5.41, 5.74) is -0.467. The van der Waals surface area contributed by atoms with Gasteiger partial charge in [0, 0.05) is 19.2 Å². The van der Waals surface area contributed by atoms with Gasteiger partial charge in [-0.15, -0.1) is 10.2 Å². The number of likely N-dealkylation sites (tertiary alicyclic amines) is 1. The van der Waals surface area contributed by atoms with Crippen LogP contribution < -0.4 is 5.32 Å². The number of aromatic nitrogens is 4. The van der Waals surface area contributed by atoms with E-state index in [0.717, 1.165) is 30.3 Å². The fraction of sp³-hybridized carbons (Fsp3) is 0.286. The Hall–Kier alpha value is -3.41. The second-order valence-corrected chi connectivity index (χ2v) is 8.62. The van der Waals surface area contributed by atoms with Crippen molar-refractivity contribution in [3.8, 4) is 5.82 Å². The summed E-state index contributed by atoms with van der Waals surface area (Å²) in [5, 5.41) is 10.2. The van der Waals surface area contributed by atoms with Crippen molar-refractivity contribution in [2.24, 2.45) is 0 Å². The fourth-order valence-corrected chi connectivity index (χ4v) is 4.18. The van der Waals surface area contributed by atoms with Crippen molar-refractivity contribution in [1.82, 2.24) is 24.6 Å². The molecule has 1 aliphatic heterocycles. The molecule has 0 aliphatic carbocycles. The summed E-state index contributed by atoms with van der Waals surface area (Å²) in [4.78, 5) is 30.7. The van der Waals surface area contributed by atoms with Gasteiger partial charge in [0.2, 0.25) is 11.8 Å². The third kappa shape index (κ3) is 4.85. The molecule has 1 N–H and O–H groups in total. The maximum Gasteiger partial charge on any atom is 0.237 e. The summed E-state index contributed by atoms with van der Waals surface area (Å²) in [5.74, 6) is -4.12. The van der Waals surface area contributed by atoms with Crippen LogP contribution in [0.3, 0.4) is 0 Å². The zero-order valence-corrected chi connectivity index (χ0v) is 18.3. The zero-order valence-electron chi connectivity index (χ0n) is 17.5. The standard InChI is InChI=1S/C21H19F3N6O2S/c1-12(20(32)26-14-8-7-13(22)18(23)19(14)24)33-21-28-27-16(11-29-10-4-6-17(29)31)30(21)15-5-2-3-9-25-15/h2-3,5,7-9,12H,4,6,10-11H2,1H3,(H,26,32)/t12-/m1/s1. The maximum atomic E-state index is 13.9. The number of benzene rings is 1. The molecule has 0 unspecified atom stereocenters. The molecule has 1 aliphatic rings. The Morgan fingerprint density at radius 1 is 1.18 bits per heavy atom. The summed E-state index contributed by atoms with van der Waals surface area (Å²) in [6.45, 7) is 2.41. The molecule has 3 heterocycles. The Morgan fingerprint density at radius 3 is 2.70 bits per heavy atom. The van der Waals surface area contributed by atoms with Crippen LogP contribution in [-0.4, -0.2) is 48.3 Å². The van der Waals surface area contributed by atoms with Crippen LogP contribution in [-0.2, 0) is 16.1 Å². The number of carbonyl (C=O) groups is 2. The smallest absolute Gasteiger partial charge is 0.237 e. The van der Waals surface area contributed by atoms with Crippen LogP contribution in [0.5, 0.6) is 0 Å². The van der Waals surface area contributed by atoms with Gasteiger partial charge in [-0.2, -0.15) is 0 Å². The largest absolute Gasteiger partial charge is 0.335 e. The molecule has 8 nitrogen and oxygen atoms in total. The van der Waals surface area contributed by atoms with Gasteiger partial charge in [0.1, 0.15) is 5.82 Å². The van der Waals surface area contributed by atoms with E-state index >= 15 is 0 Å². The van der Waals surface area contributed by atoms with Crippen LogP contribution in [0.1, 0.15) is 25.6 Å². The minimum absolute atomic E-state index is 0.0288. The van der Waals surface area contributed by atoms with E-state index in [4.69, 9.17) is 0 Å². The van der Waals surface area contributed by atoms with E-state index < -0.39 is 34.3 Å². The number of rotatable bonds is 7. The number of carbonyl (C=O) groups excluding carboxylic acids is 2. The number of nitrogens with one attached hydrogen (secondary N) is 1. The average molecular weight is 476 g/mol. The van der Waals surface area contributed by atoms with Gasteiger partial charge in [0.15, 0.2) is 28.4 Å². The molecule has 1 fully saturated rings. The highest BCUT2D eigenvalue weighted by Gasteiger charge is 2.26. The molecule has 1 atom stereocenters. The normalized spacial score (nSPS) is 14.5. The number of anilines is 1. The topological polar surface area (TPSA) is 93.0 Å². The lowest BCUT2D eigenvalue weighted by atomic mass is 10.2. The molecule has 2 amide bonds. The van der Waals surface area contributed by atoms with E-state index in [1.54, 1.807) is 40.8 Å². The van der Waals surface area contributed by atoms with Gasteiger partial charge in [-0.3, -0.25) is 14.2 Å². The van der Waals surface area contributed by atoms with Crippen LogP contribution in [0.25, 0.3) is 5.82 Å². The zero-order chi connectivity index (χ0) is 23.5. The average Bonchev–Trinajstić information content (AvgIpc) is 3.40. The lowest BCUT2D eigenvalue weighted by Gasteiger charge is -2.17. The number of pyridine rings is 1. The van der Waals surface area contributed by atoms with E-state index in [1.165, 1.54) is 0 Å². The Labute approximate surface area is 191 Å². The minimum atomic E-state index is -1.66. The third-order valence-electron chi connectivity index (χ3n) is 5.03. The van der Waals surface area contributed by atoms with Gasteiger partial charge in [-0.05, 0) is 37.6 Å². The Bertz CT molecular complexity index is 1190. The van der Waals surface area contributed by atoms with E-state index in [9.17, 15) is 22.8 Å². The summed E-state index contributed by atoms with van der Waals surface area (Å²) in [6.07, 6.45) is 2.85. The van der Waals surface area contributed by atoms with Crippen LogP contribution in [0.15, 0.2) is 41.7 Å². The molecule has 1 saturated heterocycles. The van der Waals surface area contributed by atoms with E-state index in [2.05, 4.69) is 20.5 Å². The lowest BCUT2D eigenvalue weighted by Crippen LogP contribution is -2.26. The molecule has 2 aromatic heterocycles. The van der Waals surface area contributed by atoms with Crippen molar-refractivity contribution >= 4 is 29.3 Å². The van der Waals surface area contributed by atoms with Gasteiger partial charge < -0.3 is 10.2 Å². The molecular formula is C21H19F3N6O2S. The van der Waals surface area contributed by atoms with Crippen molar-refractivity contribution in [2.75, 3.05) is 11.9 Å². The monoisotopic (exact) mass is 476 g/mol. The number of nitrogens with zero attached hydrogens (tertiary/aromatic N) is 5. The predicted molar refractivity (Wildman–Crippen MR) is 114 cm³/mol. The summed E-state index contributed by atoms with van der Waals surface area (Å²) < 4.78 is 42.2. The first-order valence-electron chi connectivity index (χ1n) is 10.1. The quantitative estimate of drug-likeness (QED) is 0.416. The lowest BCUT2D eigenvalue weighted by molar-refractivity contribution is -0.128. The van der Waals surface area contributed by atoms with Crippen LogP contribution >= 0.6 is 11.8 Å². The fourth-order valence-electron chi connectivity index (χ4n) is 3.31. The molecule has 0 bridgehead atoms. The predicted octanol–water partition coefficient (Wildman–Crippen LogP) is 3.32. The van der Waals surface area contributed by atoms with Crippen LogP contribution in [0.4, 0.5) is 18.9 Å². The first-order valence-corrected chi connectivity index (χ1v) is 11.0. The number of hydrogen-bond acceptors (Lipinski definition) is 6. The van der Waals surface area contributed by atoms with Crippen molar-refractivity contribution in [2.45, 2.75) is 36.7 Å². The highest BCUT2D eigenvalue weighted by molar-refractivity contribution is 8.00. The van der Waals surface area contributed by atoms with Crippen molar-refractivity contribution in [3.63, 3.8) is 0 Å². The summed E-state index contributed by atoms with van der Waals surface area (Å²) in [7, 11) is 0. The number of amides is 2. The highest BCUT2D eigenvalue weighted by atomic mass is 32.2. The van der Waals surface area contributed by atoms with Gasteiger partial charge in [0.05, 0.1) is 17.5 Å². The second kappa shape index (κ2) is 9.61. The molecule has 3 aromatic rings. The van der Waals surface area contributed by atoms with Crippen LogP contribution in [0.2, 0.25) is 0 Å². The van der Waals surface area contributed by atoms with Crippen LogP contribution in [0, 0.1) is 17.5 Å². The molecule has 1 aromatic carbocycles. The summed E-state index contributed by atoms with van der Waals surface area (Å²) >= 11 is 1.03. The molecule has 12 heteroatoms. The highest BCUT2D eigenvalue weighted by Crippen LogP contribution is 2.28. The van der Waals surface area contributed by atoms with Gasteiger partial charge >= 0.3 is 0 Å². The number of halogens is 3. The Kier molecular flexibility index (Phi) is 6.63. The van der Waals surface area contributed by atoms with E-state index in [-0.39, 0.29) is 12.5 Å². The molecule has 0 saturated carbocycles. The first-order chi connectivity index (χ1) is 15.8. The van der Waals surface area contributed by atoms with Crippen molar-refractivity contribution < 1.29 is 22.8 Å². The molecule has 33 heavy (non-hydrogen) atoms. The minimum Gasteiger partial charge on any atom is -0.335 e. The third-order valence-corrected chi connectivity index (χ3v) is 6.07. The molecule has 4 rings (SSSR count). The van der Waals surface area contributed by atoms with Crippen molar-refractivity contribution in [3.05, 3.63) is 59.8 Å². The number of thioether (sulfide) groups is 1. The Balaban J connectivity index is 1.56. The maximum absolute atomic E-state index is 13.9. The van der Waals surface area contributed by atoms with Gasteiger partial charge in [-0.25, -0.2) is 18.2 Å². The van der Waals surface area contributed by atoms with E-state index in [1.807, 2.05) is 0 Å². The molecule has 0 radical (unpaired) electrons. The molecule has 0 spiro atoms. The Morgan fingerprint density at radius 2 is 2.00 bits per heavy atom. The second-order valence-electron chi connectivity index (χ2n) is 7.31. The van der Waals surface area contributed by atoms with Gasteiger partial charge in [0.25, 0.3) is 0 Å².